The van der Waals surface area contributed by atoms with Gasteiger partial charge in [-0.2, -0.15) is 0 Å². The molecule has 0 aliphatic heterocycles. The number of anilines is 1. The molecule has 1 aromatic heterocycles. The second-order valence-corrected chi connectivity index (χ2v) is 5.62. The number of halogens is 4. The van der Waals surface area contributed by atoms with Crippen LogP contribution < -0.4 is 5.73 Å². The van der Waals surface area contributed by atoms with Gasteiger partial charge in [-0.3, -0.25) is 0 Å². The predicted octanol–water partition coefficient (Wildman–Crippen LogP) is 3.87. The first kappa shape index (κ1) is 15.0. The molecular formula is C13H11F3IN3. The molecule has 0 unspecified atom stereocenters. The van der Waals surface area contributed by atoms with E-state index < -0.39 is 17.5 Å². The van der Waals surface area contributed by atoms with E-state index in [0.717, 1.165) is 12.1 Å². The lowest BCUT2D eigenvalue weighted by atomic mass is 10.1. The molecule has 1 aromatic carbocycles. The molecule has 0 radical (unpaired) electrons. The Bertz CT molecular complexity index is 651. The third-order valence-electron chi connectivity index (χ3n) is 2.69. The molecule has 3 nitrogen and oxygen atoms in total. The summed E-state index contributed by atoms with van der Waals surface area (Å²) >= 11 is 2.02. The summed E-state index contributed by atoms with van der Waals surface area (Å²) in [4.78, 5) is 8.26. The van der Waals surface area contributed by atoms with Gasteiger partial charge in [0.05, 0.1) is 9.26 Å². The number of aromatic nitrogens is 2. The van der Waals surface area contributed by atoms with E-state index in [4.69, 9.17) is 5.73 Å². The molecule has 0 spiro atoms. The smallest absolute Gasteiger partial charge is 0.194 e. The van der Waals surface area contributed by atoms with Crippen LogP contribution >= 0.6 is 22.6 Å². The van der Waals surface area contributed by atoms with Crippen molar-refractivity contribution in [1.29, 1.82) is 0 Å². The lowest BCUT2D eigenvalue weighted by molar-refractivity contribution is 0.447. The molecule has 0 saturated heterocycles. The van der Waals surface area contributed by atoms with Gasteiger partial charge in [0, 0.05) is 5.56 Å². The van der Waals surface area contributed by atoms with Crippen LogP contribution in [0, 0.1) is 21.0 Å². The van der Waals surface area contributed by atoms with E-state index in [9.17, 15) is 13.2 Å². The number of nitrogen functional groups attached to an aromatic ring is 1. The van der Waals surface area contributed by atoms with Crippen molar-refractivity contribution >= 4 is 28.4 Å². The highest BCUT2D eigenvalue weighted by Crippen LogP contribution is 2.28. The number of nitrogens with zero attached hydrogens (tertiary/aromatic N) is 2. The average molecular weight is 393 g/mol. The molecule has 20 heavy (non-hydrogen) atoms. The quantitative estimate of drug-likeness (QED) is 0.623. The maximum atomic E-state index is 13.3. The molecule has 0 amide bonds. The van der Waals surface area contributed by atoms with E-state index in [2.05, 4.69) is 9.97 Å². The predicted molar refractivity (Wildman–Crippen MR) is 78.6 cm³/mol. The normalized spacial score (nSPS) is 11.2. The molecule has 0 aliphatic rings. The molecule has 2 N–H and O–H groups in total. The fraction of sp³-hybridized carbons (Fsp3) is 0.231. The van der Waals surface area contributed by atoms with E-state index >= 15 is 0 Å². The SMILES string of the molecule is CC(C)c1nc(-c2cc(F)c(F)c(F)c2)nc(N)c1I. The second kappa shape index (κ2) is 5.55. The summed E-state index contributed by atoms with van der Waals surface area (Å²) in [7, 11) is 0. The standard InChI is InChI=1S/C13H11F3IN3/c1-5(2)11-10(17)12(18)20-13(19-11)6-3-7(14)9(16)8(15)4-6/h3-5H,1-2H3,(H2,18,19,20). The monoisotopic (exact) mass is 393 g/mol. The van der Waals surface area contributed by atoms with Crippen LogP contribution in [-0.4, -0.2) is 9.97 Å². The Kier molecular flexibility index (Phi) is 4.17. The zero-order valence-corrected chi connectivity index (χ0v) is 12.9. The van der Waals surface area contributed by atoms with Crippen molar-refractivity contribution in [3.8, 4) is 11.4 Å². The van der Waals surface area contributed by atoms with E-state index in [-0.39, 0.29) is 23.1 Å². The van der Waals surface area contributed by atoms with Gasteiger partial charge in [-0.05, 0) is 40.6 Å². The van der Waals surface area contributed by atoms with Gasteiger partial charge >= 0.3 is 0 Å². The van der Waals surface area contributed by atoms with Crippen molar-refractivity contribution in [2.24, 2.45) is 0 Å². The summed E-state index contributed by atoms with van der Waals surface area (Å²) in [6, 6.07) is 1.70. The van der Waals surface area contributed by atoms with Gasteiger partial charge < -0.3 is 5.73 Å². The number of hydrogen-bond acceptors (Lipinski definition) is 3. The Balaban J connectivity index is 2.64. The third kappa shape index (κ3) is 2.72. The van der Waals surface area contributed by atoms with Crippen molar-refractivity contribution < 1.29 is 13.2 Å². The largest absolute Gasteiger partial charge is 0.383 e. The zero-order valence-electron chi connectivity index (χ0n) is 10.7. The van der Waals surface area contributed by atoms with Crippen LogP contribution in [0.4, 0.5) is 19.0 Å². The minimum absolute atomic E-state index is 0.0476. The molecular weight excluding hydrogens is 382 g/mol. The first-order chi connectivity index (χ1) is 9.31. The fourth-order valence-electron chi connectivity index (χ4n) is 1.68. The summed E-state index contributed by atoms with van der Waals surface area (Å²) in [6.07, 6.45) is 0. The Morgan fingerprint density at radius 3 is 2.15 bits per heavy atom. The Labute approximate surface area is 127 Å². The van der Waals surface area contributed by atoms with Gasteiger partial charge in [-0.15, -0.1) is 0 Å². The maximum Gasteiger partial charge on any atom is 0.194 e. The molecule has 0 saturated carbocycles. The molecule has 0 fully saturated rings. The summed E-state index contributed by atoms with van der Waals surface area (Å²) in [6.45, 7) is 3.83. The van der Waals surface area contributed by atoms with E-state index in [1.807, 2.05) is 36.4 Å². The topological polar surface area (TPSA) is 51.8 Å². The van der Waals surface area contributed by atoms with Gasteiger partial charge in [0.2, 0.25) is 0 Å². The van der Waals surface area contributed by atoms with Crippen LogP contribution in [0.5, 0.6) is 0 Å². The molecule has 1 heterocycles. The number of nitrogens with two attached hydrogens (primary N) is 1. The van der Waals surface area contributed by atoms with Crippen LogP contribution in [0.25, 0.3) is 11.4 Å². The Morgan fingerprint density at radius 2 is 1.65 bits per heavy atom. The summed E-state index contributed by atoms with van der Waals surface area (Å²) < 4.78 is 40.2. The summed E-state index contributed by atoms with van der Waals surface area (Å²) in [5.41, 5.74) is 6.51. The molecule has 0 aliphatic carbocycles. The van der Waals surface area contributed by atoms with Gasteiger partial charge in [0.15, 0.2) is 23.3 Å². The number of hydrogen-bond donors (Lipinski definition) is 1. The Hall–Kier alpha value is -1.38. The minimum Gasteiger partial charge on any atom is -0.383 e. The van der Waals surface area contributed by atoms with Crippen LogP contribution in [0.2, 0.25) is 0 Å². The van der Waals surface area contributed by atoms with Crippen molar-refractivity contribution in [2.45, 2.75) is 19.8 Å². The van der Waals surface area contributed by atoms with Crippen molar-refractivity contribution in [3.63, 3.8) is 0 Å². The maximum absolute atomic E-state index is 13.3. The van der Waals surface area contributed by atoms with E-state index in [0.29, 0.717) is 9.26 Å². The second-order valence-electron chi connectivity index (χ2n) is 4.54. The van der Waals surface area contributed by atoms with Crippen LogP contribution in [0.3, 0.4) is 0 Å². The van der Waals surface area contributed by atoms with Crippen LogP contribution in [-0.2, 0) is 0 Å². The van der Waals surface area contributed by atoms with Crippen LogP contribution in [0.15, 0.2) is 12.1 Å². The molecule has 2 rings (SSSR count). The van der Waals surface area contributed by atoms with Gasteiger partial charge in [0.25, 0.3) is 0 Å². The van der Waals surface area contributed by atoms with Crippen molar-refractivity contribution in [3.05, 3.63) is 38.8 Å². The summed E-state index contributed by atoms with van der Waals surface area (Å²) in [5, 5.41) is 0. The van der Waals surface area contributed by atoms with Crippen LogP contribution in [0.1, 0.15) is 25.5 Å². The highest BCUT2D eigenvalue weighted by atomic mass is 127. The third-order valence-corrected chi connectivity index (χ3v) is 3.80. The minimum atomic E-state index is -1.52. The molecule has 7 heteroatoms. The highest BCUT2D eigenvalue weighted by molar-refractivity contribution is 14.1. The molecule has 0 atom stereocenters. The first-order valence-electron chi connectivity index (χ1n) is 5.79. The van der Waals surface area contributed by atoms with E-state index in [1.165, 1.54) is 0 Å². The first-order valence-corrected chi connectivity index (χ1v) is 6.87. The zero-order chi connectivity index (χ0) is 15.0. The molecule has 106 valence electrons. The number of benzene rings is 1. The fourth-order valence-corrected chi connectivity index (χ4v) is 2.54. The van der Waals surface area contributed by atoms with Crippen molar-refractivity contribution in [1.82, 2.24) is 9.97 Å². The average Bonchev–Trinajstić information content (AvgIpc) is 2.38. The molecule has 0 bridgehead atoms. The van der Waals surface area contributed by atoms with Gasteiger partial charge in [-0.25, -0.2) is 23.1 Å². The van der Waals surface area contributed by atoms with Crippen molar-refractivity contribution in [2.75, 3.05) is 5.73 Å². The lowest BCUT2D eigenvalue weighted by Crippen LogP contribution is -2.07. The van der Waals surface area contributed by atoms with Gasteiger partial charge in [-0.1, -0.05) is 13.8 Å². The van der Waals surface area contributed by atoms with Gasteiger partial charge in [0.1, 0.15) is 5.82 Å². The highest BCUT2D eigenvalue weighted by Gasteiger charge is 2.17. The van der Waals surface area contributed by atoms with E-state index in [1.54, 1.807) is 0 Å². The summed E-state index contributed by atoms with van der Waals surface area (Å²) in [5.74, 6) is -3.72. The molecule has 2 aromatic rings. The lowest BCUT2D eigenvalue weighted by Gasteiger charge is -2.11. The Morgan fingerprint density at radius 1 is 1.10 bits per heavy atom. The number of rotatable bonds is 2.